The summed E-state index contributed by atoms with van der Waals surface area (Å²) in [5.41, 5.74) is 18.1. The van der Waals surface area contributed by atoms with E-state index in [1.807, 2.05) is 155 Å². The van der Waals surface area contributed by atoms with Crippen LogP contribution < -0.4 is 49.0 Å². The average Bonchev–Trinajstić information content (AvgIpc) is 1.48. The van der Waals surface area contributed by atoms with E-state index in [4.69, 9.17) is 16.4 Å². The number of aryl methyl sites for hydroxylation is 2. The first-order valence-corrected chi connectivity index (χ1v) is 30.8. The second-order valence-corrected chi connectivity index (χ2v) is 25.9. The molecule has 402 valence electrons. The van der Waals surface area contributed by atoms with Gasteiger partial charge in [0.25, 0.3) is 0 Å². The molecule has 0 atom stereocenters. The molecule has 0 spiro atoms. The van der Waals surface area contributed by atoms with Crippen molar-refractivity contribution in [2.75, 3.05) is 76.9 Å². The van der Waals surface area contributed by atoms with Crippen molar-refractivity contribution >= 4 is 119 Å². The summed E-state index contributed by atoms with van der Waals surface area (Å²) < 4.78 is 112. The summed E-state index contributed by atoms with van der Waals surface area (Å²) in [4.78, 5) is 18.3. The monoisotopic (exact) mass is 1420 g/mol. The number of hydrogen-bond donors (Lipinski definition) is 0. The third-order valence-electron chi connectivity index (χ3n) is 15.9. The normalized spacial score (nSPS) is 18.7. The van der Waals surface area contributed by atoms with Crippen LogP contribution in [0, 0.1) is 41.5 Å². The Bertz CT molecular complexity index is 4490. The zero-order valence-electron chi connectivity index (χ0n) is 56.4. The third-order valence-corrected chi connectivity index (χ3v) is 22.0. The van der Waals surface area contributed by atoms with Gasteiger partial charge in [-0.3, -0.25) is 0 Å². The molecule has 0 amide bonds. The SMILES string of the molecule is [2H]C([2H])([2H])N1[C]2=[Pt]=[C]3N(c4cc(C)cc(c4)N(c4c(C)c(C)c(N5c6cccc(c6)N6[C](=[Pt]=[C]7N(c8cc(C)cc5c8)c5ccccc5N7C([2H])([2H])[2H])N(C([2H])([2H])[2H])c5ccccc56)c(C)c4C)c4cccc(c4)N2c2ccccc21)c1ccccc1N3C([2H])([2H])[2H]. The molecule has 10 nitrogen and oxygen atoms in total. The fourth-order valence-electron chi connectivity index (χ4n) is 12.2. The standard InChI is InChI=1S/C68H60N10.2Pt/c1-45-33-55(75-43-71(9)61-27-13-17-31-65(61)75)39-57(35-45)77(53-23-19-21-51(37-53)73-41-69(7)59-25-11-15-29-63(59)73)67-47(3)49(5)68(50(6)48(67)4)78(54-24-20-22-52(38-54)74-42-70(8)60-26-12-16-30-64(60)74)58-36-46(2)34-56(40-58)76-44-72(10)62-28-14-18-32-66(62)76;;/h11-40H,1-10H3;;/i7D3,8D3,9D3,10D3;;. The number of hydrogen-bond acceptors (Lipinski definition) is 10. The van der Waals surface area contributed by atoms with Crippen LogP contribution in [0.2, 0.25) is 0 Å². The molecule has 6 aliphatic rings. The van der Waals surface area contributed by atoms with Crippen LogP contribution in [0.5, 0.6) is 0 Å². The quantitative estimate of drug-likeness (QED) is 0.167. The van der Waals surface area contributed by atoms with Crippen LogP contribution in [0.3, 0.4) is 0 Å². The van der Waals surface area contributed by atoms with E-state index in [-0.39, 0.29) is 0 Å². The zero-order valence-corrected chi connectivity index (χ0v) is 49.0. The molecule has 6 heterocycles. The summed E-state index contributed by atoms with van der Waals surface area (Å²) >= 11 is -3.34. The van der Waals surface area contributed by atoms with E-state index in [0.717, 1.165) is 67.5 Å². The Morgan fingerprint density at radius 3 is 0.787 bits per heavy atom. The minimum absolute atomic E-state index is 0.472. The van der Waals surface area contributed by atoms with Crippen molar-refractivity contribution in [3.8, 4) is 0 Å². The summed E-state index contributed by atoms with van der Waals surface area (Å²) in [5, 5.41) is 0. The molecule has 0 unspecified atom stereocenters. The zero-order chi connectivity index (χ0) is 64.6. The molecule has 0 saturated carbocycles. The number of rotatable bonds is 2. The van der Waals surface area contributed by atoms with Gasteiger partial charge in [0, 0.05) is 0 Å². The molecule has 0 saturated heterocycles. The maximum absolute atomic E-state index is 9.17. The van der Waals surface area contributed by atoms with E-state index in [2.05, 4.69) is 98.2 Å². The Morgan fingerprint density at radius 2 is 0.500 bits per heavy atom. The fourth-order valence-corrected chi connectivity index (χ4v) is 18.5. The predicted octanol–water partition coefficient (Wildman–Crippen LogP) is 15.4. The Hall–Kier alpha value is -8.16. The maximum atomic E-state index is 9.17. The van der Waals surface area contributed by atoms with Crippen LogP contribution in [0.1, 0.15) is 49.8 Å². The first kappa shape index (κ1) is 37.7. The fraction of sp³-hybridized carbons (Fsp3) is 0.147. The minimum atomic E-state index is -2.65. The number of fused-ring (bicyclic) bond motifs is 24. The van der Waals surface area contributed by atoms with Crippen LogP contribution in [0.4, 0.5) is 102 Å². The van der Waals surface area contributed by atoms with Crippen LogP contribution in [-0.2, 0) is 35.3 Å². The number of para-hydroxylation sites is 8. The summed E-state index contributed by atoms with van der Waals surface area (Å²) in [5.74, 6) is 0. The summed E-state index contributed by atoms with van der Waals surface area (Å²) in [6.45, 7) is 2.04. The molecule has 9 aromatic rings. The molecule has 12 heteroatoms. The van der Waals surface area contributed by atoms with Crippen LogP contribution in [0.15, 0.2) is 182 Å². The Balaban J connectivity index is 0.994. The van der Waals surface area contributed by atoms with E-state index >= 15 is 0 Å². The second-order valence-electron chi connectivity index (χ2n) is 20.7. The summed E-state index contributed by atoms with van der Waals surface area (Å²) in [7, 11) is 0. The van der Waals surface area contributed by atoms with Gasteiger partial charge in [-0.2, -0.15) is 0 Å². The molecule has 6 aliphatic heterocycles. The van der Waals surface area contributed by atoms with Gasteiger partial charge in [-0.15, -0.1) is 0 Å². The molecule has 0 aromatic heterocycles. The average molecular weight is 1420 g/mol. The van der Waals surface area contributed by atoms with Gasteiger partial charge in [0.15, 0.2) is 0 Å². The molecule has 8 bridgehead atoms. The summed E-state index contributed by atoms with van der Waals surface area (Å²) in [6.07, 6.45) is 0. The van der Waals surface area contributed by atoms with Crippen molar-refractivity contribution in [3.05, 3.63) is 215 Å². The van der Waals surface area contributed by atoms with Gasteiger partial charge in [-0.1, -0.05) is 0 Å². The van der Waals surface area contributed by atoms with Gasteiger partial charge in [0.2, 0.25) is 0 Å². The van der Waals surface area contributed by atoms with Crippen molar-refractivity contribution in [1.29, 1.82) is 0 Å². The first-order valence-electron chi connectivity index (χ1n) is 32.3. The van der Waals surface area contributed by atoms with Crippen molar-refractivity contribution in [2.45, 2.75) is 41.5 Å². The molecule has 0 fully saturated rings. The van der Waals surface area contributed by atoms with Crippen molar-refractivity contribution < 1.29 is 51.7 Å². The Morgan fingerprint density at radius 1 is 0.263 bits per heavy atom. The Kier molecular flexibility index (Phi) is 8.56. The molecule has 80 heavy (non-hydrogen) atoms. The van der Waals surface area contributed by atoms with Crippen LogP contribution in [0.25, 0.3) is 0 Å². The summed E-state index contributed by atoms with van der Waals surface area (Å²) in [6, 6.07) is 58.9. The van der Waals surface area contributed by atoms with E-state index in [1.54, 1.807) is 0 Å². The number of benzene rings is 9. The van der Waals surface area contributed by atoms with E-state index in [9.17, 15) is 0 Å². The van der Waals surface area contributed by atoms with Crippen molar-refractivity contribution in [3.63, 3.8) is 0 Å². The second kappa shape index (κ2) is 18.2. The molecule has 9 aromatic carbocycles. The molecule has 15 rings (SSSR count). The first-order chi connectivity index (χ1) is 43.7. The molecular formula is C68H60N10Pt2. The van der Waals surface area contributed by atoms with E-state index in [0.29, 0.717) is 84.8 Å². The van der Waals surface area contributed by atoms with Crippen molar-refractivity contribution in [2.24, 2.45) is 0 Å². The van der Waals surface area contributed by atoms with Crippen LogP contribution >= 0.6 is 0 Å². The Labute approximate surface area is 501 Å². The van der Waals surface area contributed by atoms with Gasteiger partial charge in [0.1, 0.15) is 0 Å². The van der Waals surface area contributed by atoms with Gasteiger partial charge < -0.3 is 0 Å². The predicted molar refractivity (Wildman–Crippen MR) is 332 cm³/mol. The number of nitrogens with zero attached hydrogens (tertiary/aromatic N) is 10. The van der Waals surface area contributed by atoms with Gasteiger partial charge in [0.05, 0.1) is 0 Å². The van der Waals surface area contributed by atoms with E-state index < -0.39 is 63.2 Å². The van der Waals surface area contributed by atoms with Gasteiger partial charge in [-0.25, -0.2) is 0 Å². The molecular weight excluding hydrogens is 1350 g/mol. The third kappa shape index (κ3) is 7.10. The molecule has 0 radical (unpaired) electrons. The molecule has 0 N–H and O–H groups in total. The molecule has 0 aliphatic carbocycles. The van der Waals surface area contributed by atoms with Crippen LogP contribution in [-0.4, -0.2) is 44.5 Å². The van der Waals surface area contributed by atoms with E-state index in [1.165, 1.54) is 19.6 Å². The van der Waals surface area contributed by atoms with Crippen molar-refractivity contribution in [1.82, 2.24) is 0 Å². The topological polar surface area (TPSA) is 32.4 Å². The number of anilines is 18. The van der Waals surface area contributed by atoms with Gasteiger partial charge in [-0.05, 0) is 0 Å². The van der Waals surface area contributed by atoms with Gasteiger partial charge >= 0.3 is 505 Å².